The summed E-state index contributed by atoms with van der Waals surface area (Å²) >= 11 is 3.13. The molecule has 0 unspecified atom stereocenters. The van der Waals surface area contributed by atoms with E-state index in [9.17, 15) is 8.78 Å². The summed E-state index contributed by atoms with van der Waals surface area (Å²) in [5.41, 5.74) is 5.91. The highest BCUT2D eigenvalue weighted by Gasteiger charge is 2.12. The first kappa shape index (κ1) is 14.3. The lowest BCUT2D eigenvalue weighted by Gasteiger charge is -2.12. The number of benzene rings is 2. The second-order valence-corrected chi connectivity index (χ2v) is 4.84. The van der Waals surface area contributed by atoms with Crippen molar-refractivity contribution < 1.29 is 13.5 Å². The summed E-state index contributed by atoms with van der Waals surface area (Å²) in [4.78, 5) is 0. The number of nitrogens with zero attached hydrogens (tertiary/aromatic N) is 1. The maximum Gasteiger partial charge on any atom is 0.157 e. The smallest absolute Gasteiger partial charge is 0.157 e. The zero-order valence-electron chi connectivity index (χ0n) is 10.2. The van der Waals surface area contributed by atoms with E-state index >= 15 is 0 Å². The second kappa shape index (κ2) is 5.88. The Morgan fingerprint density at radius 3 is 2.70 bits per heavy atom. The molecule has 0 fully saturated rings. The number of hydrogen-bond acceptors (Lipinski definition) is 3. The van der Waals surface area contributed by atoms with Gasteiger partial charge in [-0.15, -0.1) is 0 Å². The fourth-order valence-electron chi connectivity index (χ4n) is 1.66. The zero-order valence-corrected chi connectivity index (χ0v) is 11.7. The van der Waals surface area contributed by atoms with Gasteiger partial charge in [0.05, 0.1) is 15.7 Å². The Morgan fingerprint density at radius 1 is 1.30 bits per heavy atom. The normalized spacial score (nSPS) is 10.1. The van der Waals surface area contributed by atoms with Gasteiger partial charge in [-0.25, -0.2) is 8.78 Å². The first-order valence-corrected chi connectivity index (χ1v) is 6.37. The van der Waals surface area contributed by atoms with Gasteiger partial charge >= 0.3 is 0 Å². The van der Waals surface area contributed by atoms with Crippen molar-refractivity contribution >= 4 is 21.6 Å². The molecule has 0 aliphatic rings. The number of nitrogen functional groups attached to an aromatic ring is 1. The lowest BCUT2D eigenvalue weighted by molar-refractivity contribution is 0.299. The van der Waals surface area contributed by atoms with Crippen LogP contribution in [0.4, 0.5) is 14.5 Å². The van der Waals surface area contributed by atoms with E-state index in [0.29, 0.717) is 4.47 Å². The molecule has 0 heterocycles. The molecule has 102 valence electrons. The lowest BCUT2D eigenvalue weighted by Crippen LogP contribution is -2.03. The molecule has 6 heteroatoms. The molecule has 2 aromatic carbocycles. The lowest BCUT2D eigenvalue weighted by atomic mass is 10.1. The SMILES string of the molecule is N#Cc1cccc(COc2c(N)cc(F)cc2Br)c1F. The number of rotatable bonds is 3. The highest BCUT2D eigenvalue weighted by atomic mass is 79.9. The number of halogens is 3. The van der Waals surface area contributed by atoms with E-state index in [4.69, 9.17) is 15.7 Å². The van der Waals surface area contributed by atoms with Crippen LogP contribution in [0.5, 0.6) is 5.75 Å². The molecular weight excluding hydrogens is 330 g/mol. The van der Waals surface area contributed by atoms with Gasteiger partial charge in [-0.1, -0.05) is 12.1 Å². The Balaban J connectivity index is 2.24. The molecule has 0 saturated carbocycles. The van der Waals surface area contributed by atoms with Gasteiger partial charge < -0.3 is 10.5 Å². The molecule has 2 N–H and O–H groups in total. The Labute approximate surface area is 122 Å². The molecule has 0 atom stereocenters. The van der Waals surface area contributed by atoms with Crippen molar-refractivity contribution in [1.82, 2.24) is 0 Å². The van der Waals surface area contributed by atoms with E-state index in [2.05, 4.69) is 15.9 Å². The van der Waals surface area contributed by atoms with E-state index in [1.165, 1.54) is 18.2 Å². The maximum absolute atomic E-state index is 13.8. The first-order chi connectivity index (χ1) is 9.52. The molecule has 0 aliphatic heterocycles. The van der Waals surface area contributed by atoms with Crippen molar-refractivity contribution in [3.63, 3.8) is 0 Å². The highest BCUT2D eigenvalue weighted by molar-refractivity contribution is 9.10. The molecule has 3 nitrogen and oxygen atoms in total. The van der Waals surface area contributed by atoms with Crippen molar-refractivity contribution in [2.45, 2.75) is 6.61 Å². The summed E-state index contributed by atoms with van der Waals surface area (Å²) < 4.78 is 32.6. The number of anilines is 1. The third-order valence-corrected chi connectivity index (χ3v) is 3.20. The quantitative estimate of drug-likeness (QED) is 0.867. The van der Waals surface area contributed by atoms with Crippen LogP contribution < -0.4 is 10.5 Å². The van der Waals surface area contributed by atoms with Gasteiger partial charge in [0.2, 0.25) is 0 Å². The fourth-order valence-corrected chi connectivity index (χ4v) is 2.22. The van der Waals surface area contributed by atoms with Crippen molar-refractivity contribution in [1.29, 1.82) is 5.26 Å². The molecule has 0 spiro atoms. The predicted octanol–water partition coefficient (Wildman–Crippen LogP) is 3.76. The number of ether oxygens (including phenoxy) is 1. The van der Waals surface area contributed by atoms with Crippen LogP contribution in [0.2, 0.25) is 0 Å². The Kier molecular flexibility index (Phi) is 4.20. The summed E-state index contributed by atoms with van der Waals surface area (Å²) in [6.45, 7) is -0.115. The van der Waals surface area contributed by atoms with E-state index in [0.717, 1.165) is 6.07 Å². The van der Waals surface area contributed by atoms with Gasteiger partial charge in [-0.05, 0) is 28.1 Å². The molecule has 0 bridgehead atoms. The maximum atomic E-state index is 13.8. The molecule has 2 aromatic rings. The number of nitriles is 1. The van der Waals surface area contributed by atoms with Crippen LogP contribution in [-0.2, 0) is 6.61 Å². The molecule has 20 heavy (non-hydrogen) atoms. The highest BCUT2D eigenvalue weighted by Crippen LogP contribution is 2.33. The summed E-state index contributed by atoms with van der Waals surface area (Å²) in [6, 6.07) is 8.50. The van der Waals surface area contributed by atoms with Gasteiger partial charge in [0.1, 0.15) is 24.3 Å². The molecule has 0 radical (unpaired) electrons. The monoisotopic (exact) mass is 338 g/mol. The van der Waals surface area contributed by atoms with Crippen LogP contribution in [0.15, 0.2) is 34.8 Å². The summed E-state index contributed by atoms with van der Waals surface area (Å²) in [5, 5.41) is 8.75. The van der Waals surface area contributed by atoms with Crippen LogP contribution in [0.25, 0.3) is 0 Å². The first-order valence-electron chi connectivity index (χ1n) is 5.57. The van der Waals surface area contributed by atoms with Gasteiger partial charge in [-0.2, -0.15) is 5.26 Å². The summed E-state index contributed by atoms with van der Waals surface area (Å²) in [6.07, 6.45) is 0. The van der Waals surface area contributed by atoms with Gasteiger partial charge in [0.25, 0.3) is 0 Å². The number of hydrogen-bond donors (Lipinski definition) is 1. The van der Waals surface area contributed by atoms with E-state index in [1.54, 1.807) is 12.1 Å². The summed E-state index contributed by atoms with van der Waals surface area (Å²) in [5.74, 6) is -0.903. The average Bonchev–Trinajstić information content (AvgIpc) is 2.39. The zero-order chi connectivity index (χ0) is 14.7. The van der Waals surface area contributed by atoms with Gasteiger partial charge in [-0.3, -0.25) is 0 Å². The van der Waals surface area contributed by atoms with Crippen LogP contribution in [0.1, 0.15) is 11.1 Å². The average molecular weight is 339 g/mol. The third kappa shape index (κ3) is 2.89. The van der Waals surface area contributed by atoms with Crippen molar-refractivity contribution in [3.8, 4) is 11.8 Å². The van der Waals surface area contributed by atoms with E-state index in [-0.39, 0.29) is 29.2 Å². The van der Waals surface area contributed by atoms with E-state index < -0.39 is 11.6 Å². The predicted molar refractivity (Wildman–Crippen MR) is 74.0 cm³/mol. The molecular formula is C14H9BrF2N2O. The van der Waals surface area contributed by atoms with Gasteiger partial charge in [0.15, 0.2) is 5.75 Å². The largest absolute Gasteiger partial charge is 0.485 e. The van der Waals surface area contributed by atoms with Gasteiger partial charge in [0, 0.05) is 11.6 Å². The topological polar surface area (TPSA) is 59.0 Å². The molecule has 0 amide bonds. The Morgan fingerprint density at radius 2 is 2.05 bits per heavy atom. The molecule has 0 aromatic heterocycles. The molecule has 2 rings (SSSR count). The third-order valence-electron chi connectivity index (χ3n) is 2.61. The standard InChI is InChI=1S/C14H9BrF2N2O/c15-11-4-10(16)5-12(19)14(11)20-7-9-3-1-2-8(6-18)13(9)17/h1-5H,7,19H2. The minimum absolute atomic E-state index is 0.0581. The minimum Gasteiger partial charge on any atom is -0.485 e. The molecule has 0 aliphatic carbocycles. The number of nitrogens with two attached hydrogens (primary N) is 1. The van der Waals surface area contributed by atoms with Crippen LogP contribution >= 0.6 is 15.9 Å². The van der Waals surface area contributed by atoms with Crippen molar-refractivity contribution in [2.75, 3.05) is 5.73 Å². The second-order valence-electron chi connectivity index (χ2n) is 3.99. The van der Waals surface area contributed by atoms with Crippen molar-refractivity contribution in [3.05, 3.63) is 57.6 Å². The van der Waals surface area contributed by atoms with Crippen molar-refractivity contribution in [2.24, 2.45) is 0 Å². The minimum atomic E-state index is -0.633. The van der Waals surface area contributed by atoms with Crippen LogP contribution in [0, 0.1) is 23.0 Å². The van der Waals surface area contributed by atoms with E-state index in [1.807, 2.05) is 0 Å². The Hall–Kier alpha value is -2.13. The summed E-state index contributed by atoms with van der Waals surface area (Å²) in [7, 11) is 0. The fraction of sp³-hybridized carbons (Fsp3) is 0.0714. The van der Waals surface area contributed by atoms with Crippen LogP contribution in [-0.4, -0.2) is 0 Å². The van der Waals surface area contributed by atoms with Crippen LogP contribution in [0.3, 0.4) is 0 Å². The molecule has 0 saturated heterocycles. The Bertz CT molecular complexity index is 675.